The zero-order valence-electron chi connectivity index (χ0n) is 7.30. The summed E-state index contributed by atoms with van der Waals surface area (Å²) in [7, 11) is 0. The largest absolute Gasteiger partial charge is 0.480 e. The summed E-state index contributed by atoms with van der Waals surface area (Å²) in [6.07, 6.45) is -4.56. The van der Waals surface area contributed by atoms with Gasteiger partial charge in [0, 0.05) is 0 Å². The average molecular weight is 199 g/mol. The van der Waals surface area contributed by atoms with Gasteiger partial charge < -0.3 is 10.8 Å². The van der Waals surface area contributed by atoms with Gasteiger partial charge in [-0.05, 0) is 5.92 Å². The molecule has 0 aliphatic rings. The maximum Gasteiger partial charge on any atom is 0.394 e. The Balaban J connectivity index is 4.72. The van der Waals surface area contributed by atoms with Crippen molar-refractivity contribution in [3.05, 3.63) is 0 Å². The minimum atomic E-state index is -4.56. The van der Waals surface area contributed by atoms with E-state index in [0.717, 1.165) is 0 Å². The third kappa shape index (κ3) is 3.22. The molecule has 0 bridgehead atoms. The fraction of sp³-hybridized carbons (Fsp3) is 0.857. The molecule has 13 heavy (non-hydrogen) atoms. The van der Waals surface area contributed by atoms with Crippen LogP contribution < -0.4 is 5.73 Å². The third-order valence-corrected chi connectivity index (χ3v) is 1.77. The van der Waals surface area contributed by atoms with Crippen LogP contribution in [0.5, 0.6) is 0 Å². The van der Waals surface area contributed by atoms with Crippen molar-refractivity contribution in [3.8, 4) is 0 Å². The molecular formula is C7H12F3NO2. The van der Waals surface area contributed by atoms with Gasteiger partial charge in [-0.25, -0.2) is 0 Å². The molecule has 0 radical (unpaired) electrons. The number of nitrogens with two attached hydrogens (primary N) is 1. The van der Waals surface area contributed by atoms with E-state index < -0.39 is 30.0 Å². The van der Waals surface area contributed by atoms with Crippen LogP contribution in [-0.2, 0) is 4.79 Å². The lowest BCUT2D eigenvalue weighted by molar-refractivity contribution is -0.197. The molecule has 0 spiro atoms. The van der Waals surface area contributed by atoms with E-state index in [1.54, 1.807) is 0 Å². The van der Waals surface area contributed by atoms with Crippen LogP contribution >= 0.6 is 0 Å². The number of rotatable bonds is 3. The van der Waals surface area contributed by atoms with E-state index in [9.17, 15) is 18.0 Å². The van der Waals surface area contributed by atoms with Gasteiger partial charge in [0.2, 0.25) is 0 Å². The number of alkyl halides is 3. The maximum atomic E-state index is 12.2. The summed E-state index contributed by atoms with van der Waals surface area (Å²) in [5.41, 5.74) is 4.93. The van der Waals surface area contributed by atoms with E-state index in [1.165, 1.54) is 13.8 Å². The summed E-state index contributed by atoms with van der Waals surface area (Å²) >= 11 is 0. The van der Waals surface area contributed by atoms with Crippen molar-refractivity contribution in [1.82, 2.24) is 0 Å². The number of aliphatic carboxylic acids is 1. The number of carboxylic acid groups (broad SMARTS) is 1. The zero-order valence-corrected chi connectivity index (χ0v) is 7.30. The molecule has 78 valence electrons. The van der Waals surface area contributed by atoms with Gasteiger partial charge in [-0.15, -0.1) is 0 Å². The molecule has 2 atom stereocenters. The quantitative estimate of drug-likeness (QED) is 0.718. The highest BCUT2D eigenvalue weighted by Crippen LogP contribution is 2.33. The molecule has 0 aromatic carbocycles. The van der Waals surface area contributed by atoms with E-state index in [2.05, 4.69) is 0 Å². The van der Waals surface area contributed by atoms with Gasteiger partial charge in [0.25, 0.3) is 0 Å². The Kier molecular flexibility index (Phi) is 3.71. The van der Waals surface area contributed by atoms with Crippen LogP contribution in [0.1, 0.15) is 13.8 Å². The molecule has 2 unspecified atom stereocenters. The van der Waals surface area contributed by atoms with Crippen LogP contribution in [0.25, 0.3) is 0 Å². The van der Waals surface area contributed by atoms with Crippen molar-refractivity contribution in [2.45, 2.75) is 26.1 Å². The molecular weight excluding hydrogens is 187 g/mol. The molecule has 0 rings (SSSR count). The van der Waals surface area contributed by atoms with E-state index >= 15 is 0 Å². The van der Waals surface area contributed by atoms with Gasteiger partial charge in [-0.1, -0.05) is 13.8 Å². The van der Waals surface area contributed by atoms with Gasteiger partial charge in [-0.3, -0.25) is 4.79 Å². The molecule has 0 amide bonds. The number of hydrogen-bond acceptors (Lipinski definition) is 2. The second-order valence-electron chi connectivity index (χ2n) is 3.18. The maximum absolute atomic E-state index is 12.2. The van der Waals surface area contributed by atoms with Crippen LogP contribution in [-0.4, -0.2) is 23.3 Å². The number of carboxylic acids is 1. The van der Waals surface area contributed by atoms with Crippen molar-refractivity contribution >= 4 is 5.97 Å². The first-order valence-electron chi connectivity index (χ1n) is 3.73. The van der Waals surface area contributed by atoms with Gasteiger partial charge in [0.15, 0.2) is 0 Å². The minimum Gasteiger partial charge on any atom is -0.480 e. The topological polar surface area (TPSA) is 63.3 Å². The van der Waals surface area contributed by atoms with Gasteiger partial charge in [-0.2, -0.15) is 13.2 Å². The van der Waals surface area contributed by atoms with Gasteiger partial charge in [0.05, 0.1) is 5.92 Å². The Morgan fingerprint density at radius 2 is 1.77 bits per heavy atom. The first-order chi connectivity index (χ1) is 5.68. The molecule has 0 aromatic heterocycles. The van der Waals surface area contributed by atoms with Crippen molar-refractivity contribution in [3.63, 3.8) is 0 Å². The lowest BCUT2D eigenvalue weighted by atomic mass is 9.88. The van der Waals surface area contributed by atoms with Crippen LogP contribution in [0.3, 0.4) is 0 Å². The van der Waals surface area contributed by atoms with Crippen LogP contribution in [0.2, 0.25) is 0 Å². The van der Waals surface area contributed by atoms with Crippen molar-refractivity contribution in [2.75, 3.05) is 0 Å². The van der Waals surface area contributed by atoms with E-state index in [1.807, 2.05) is 0 Å². The first kappa shape index (κ1) is 12.2. The van der Waals surface area contributed by atoms with Gasteiger partial charge >= 0.3 is 12.1 Å². The second kappa shape index (κ2) is 3.95. The Labute approximate surface area is 73.7 Å². The molecule has 0 heterocycles. The van der Waals surface area contributed by atoms with Crippen LogP contribution in [0, 0.1) is 11.8 Å². The summed E-state index contributed by atoms with van der Waals surface area (Å²) < 4.78 is 36.7. The molecule has 0 saturated heterocycles. The lowest BCUT2D eigenvalue weighted by Gasteiger charge is -2.26. The van der Waals surface area contributed by atoms with Crippen molar-refractivity contribution in [1.29, 1.82) is 0 Å². The number of halogens is 3. The van der Waals surface area contributed by atoms with E-state index in [4.69, 9.17) is 10.8 Å². The molecule has 3 nitrogen and oxygen atoms in total. The summed E-state index contributed by atoms with van der Waals surface area (Å²) in [5, 5.41) is 8.34. The summed E-state index contributed by atoms with van der Waals surface area (Å²) in [6, 6.07) is -1.89. The number of hydrogen-bond donors (Lipinski definition) is 2. The number of carbonyl (C=O) groups is 1. The first-order valence-corrected chi connectivity index (χ1v) is 3.73. The van der Waals surface area contributed by atoms with Crippen LogP contribution in [0.15, 0.2) is 0 Å². The summed E-state index contributed by atoms with van der Waals surface area (Å²) in [5.74, 6) is -4.47. The average Bonchev–Trinajstić information content (AvgIpc) is 1.82. The smallest absolute Gasteiger partial charge is 0.394 e. The highest BCUT2D eigenvalue weighted by molar-refractivity contribution is 5.73. The SMILES string of the molecule is CC(C)C(C(N)C(=O)O)C(F)(F)F. The Morgan fingerprint density at radius 1 is 1.38 bits per heavy atom. The van der Waals surface area contributed by atoms with Crippen molar-refractivity contribution in [2.24, 2.45) is 17.6 Å². The predicted octanol–water partition coefficient (Wildman–Crippen LogP) is 1.23. The molecule has 3 N–H and O–H groups in total. The molecule has 6 heteroatoms. The fourth-order valence-electron chi connectivity index (χ4n) is 1.15. The standard InChI is InChI=1S/C7H12F3NO2/c1-3(2)4(7(8,9)10)5(11)6(12)13/h3-5H,11H2,1-2H3,(H,12,13). The van der Waals surface area contributed by atoms with Gasteiger partial charge in [0.1, 0.15) is 6.04 Å². The monoisotopic (exact) mass is 199 g/mol. The van der Waals surface area contributed by atoms with E-state index in [-0.39, 0.29) is 0 Å². The third-order valence-electron chi connectivity index (χ3n) is 1.77. The predicted molar refractivity (Wildman–Crippen MR) is 40.0 cm³/mol. The van der Waals surface area contributed by atoms with E-state index in [0.29, 0.717) is 0 Å². The minimum absolute atomic E-state index is 0.842. The van der Waals surface area contributed by atoms with Crippen LogP contribution in [0.4, 0.5) is 13.2 Å². The molecule has 0 aliphatic heterocycles. The highest BCUT2D eigenvalue weighted by atomic mass is 19.4. The summed E-state index contributed by atoms with van der Waals surface area (Å²) in [6.45, 7) is 2.59. The van der Waals surface area contributed by atoms with Crippen molar-refractivity contribution < 1.29 is 23.1 Å². The second-order valence-corrected chi connectivity index (χ2v) is 3.18. The highest BCUT2D eigenvalue weighted by Gasteiger charge is 2.47. The molecule has 0 aromatic rings. The Hall–Kier alpha value is -0.780. The molecule has 0 fully saturated rings. The summed E-state index contributed by atoms with van der Waals surface area (Å²) in [4.78, 5) is 10.3. The Bertz CT molecular complexity index is 191. The molecule has 0 aliphatic carbocycles. The Morgan fingerprint density at radius 3 is 1.85 bits per heavy atom. The normalized spacial score (nSPS) is 17.2. The molecule has 0 saturated carbocycles. The lowest BCUT2D eigenvalue weighted by Crippen LogP contribution is -2.47. The fourth-order valence-corrected chi connectivity index (χ4v) is 1.15. The zero-order chi connectivity index (χ0) is 10.8.